The number of aliphatic hydroxyl groups is 1. The summed E-state index contributed by atoms with van der Waals surface area (Å²) in [5.41, 5.74) is 33.8. The molecule has 1 saturated heterocycles. The Morgan fingerprint density at radius 3 is 1.85 bits per heavy atom. The Kier molecular flexibility index (Phi) is 29.1. The van der Waals surface area contributed by atoms with Crippen molar-refractivity contribution in [2.45, 2.75) is 145 Å². The van der Waals surface area contributed by atoms with Crippen molar-refractivity contribution in [2.24, 2.45) is 50.3 Å². The summed E-state index contributed by atoms with van der Waals surface area (Å²) >= 11 is 1.36. The van der Waals surface area contributed by atoms with Crippen molar-refractivity contribution in [3.05, 3.63) is 36.4 Å². The standard InChI is InChI=1S/C52H87N17O11S2/c1-30(2)28-38(67-82(79,80)41-21-10-14-32-33(41)15-9-19-39(32)68(4)5)50(78)69-26-13-20-40(69)48(76)65-35(16-7-8-23-53)47(75)66-43(31(3)70)49(77)61-29-42(71)62-37(22-27-81-6)46(74)64-36(18-12-25-60-52(57)58)45(73)63-34(44(54)72)17-11-24-59-51(55)56/h9-10,14-15,19,21,30-31,34-38,40,43,67,70H,7-8,11-13,16-18,20,22-29,53H2,1-6H3,(H2,54,72)(H,61,77)(H,62,71)(H,63,73)(H,64,74)(H,65,76)(H,66,75)(H4,55,56,59)(H4,57,58,60)/t31-,34+,35+,36+,37+,38+,40+,43+/m1/s1. The van der Waals surface area contributed by atoms with Gasteiger partial charge < -0.3 is 81.2 Å². The summed E-state index contributed by atoms with van der Waals surface area (Å²) < 4.78 is 31.0. The molecule has 2 aromatic carbocycles. The van der Waals surface area contributed by atoms with Gasteiger partial charge in [0.25, 0.3) is 0 Å². The topological polar surface area (TPSA) is 462 Å². The third-order valence-corrected chi connectivity index (χ3v) is 15.5. The molecule has 458 valence electrons. The molecule has 0 aliphatic carbocycles. The molecule has 1 aliphatic rings. The average Bonchev–Trinajstić information content (AvgIpc) is 4.02. The number of benzene rings is 2. The molecular weight excluding hydrogens is 1100 g/mol. The summed E-state index contributed by atoms with van der Waals surface area (Å²) in [4.78, 5) is 120. The molecule has 0 bridgehead atoms. The van der Waals surface area contributed by atoms with E-state index in [-0.39, 0.29) is 100 Å². The van der Waals surface area contributed by atoms with Crippen LogP contribution in [0.2, 0.25) is 0 Å². The maximum absolute atomic E-state index is 14.5. The molecule has 0 saturated carbocycles. The largest absolute Gasteiger partial charge is 0.391 e. The molecule has 2 aromatic rings. The van der Waals surface area contributed by atoms with Crippen molar-refractivity contribution >= 4 is 97.4 Å². The number of likely N-dealkylation sites (tertiary alicyclic amines) is 1. The van der Waals surface area contributed by atoms with Gasteiger partial charge in [0.2, 0.25) is 57.3 Å². The smallest absolute Gasteiger partial charge is 0.245 e. The van der Waals surface area contributed by atoms with Gasteiger partial charge in [-0.3, -0.25) is 48.3 Å². The monoisotopic (exact) mass is 1190 g/mol. The lowest BCUT2D eigenvalue weighted by atomic mass is 10.0. The van der Waals surface area contributed by atoms with Gasteiger partial charge in [0.15, 0.2) is 11.9 Å². The number of unbranched alkanes of at least 4 members (excludes halogenated alkanes) is 1. The second-order valence-electron chi connectivity index (χ2n) is 20.6. The minimum absolute atomic E-state index is 0.00709. The molecule has 1 fully saturated rings. The number of hydrogen-bond donors (Lipinski definition) is 14. The molecular formula is C52H87N17O11S2. The summed E-state index contributed by atoms with van der Waals surface area (Å²) in [5, 5.41) is 27.2. The number of rotatable bonds is 36. The second kappa shape index (κ2) is 34.4. The number of primary amides is 1. The first-order valence-corrected chi connectivity index (χ1v) is 30.2. The highest BCUT2D eigenvalue weighted by Crippen LogP contribution is 2.31. The first-order chi connectivity index (χ1) is 38.7. The zero-order chi connectivity index (χ0) is 61.3. The Hall–Kier alpha value is -7.02. The zero-order valence-electron chi connectivity index (χ0n) is 47.8. The van der Waals surface area contributed by atoms with Crippen molar-refractivity contribution in [3.63, 3.8) is 0 Å². The Morgan fingerprint density at radius 2 is 1.28 bits per heavy atom. The lowest BCUT2D eigenvalue weighted by Gasteiger charge is -2.31. The molecule has 0 aromatic heterocycles. The number of nitrogens with two attached hydrogens (primary N) is 6. The van der Waals surface area contributed by atoms with E-state index in [1.165, 1.54) is 29.7 Å². The number of amides is 8. The molecule has 0 radical (unpaired) electrons. The number of thioether (sulfide) groups is 1. The van der Waals surface area contributed by atoms with Crippen LogP contribution < -0.4 is 75.9 Å². The predicted octanol–water partition coefficient (Wildman–Crippen LogP) is -3.01. The number of nitrogens with zero attached hydrogens (tertiary/aromatic N) is 4. The summed E-state index contributed by atoms with van der Waals surface area (Å²) in [6.07, 6.45) is 2.39. The number of guanidine groups is 2. The number of hydrogen-bond acceptors (Lipinski definition) is 16. The number of aliphatic hydroxyl groups excluding tert-OH is 1. The van der Waals surface area contributed by atoms with Crippen LogP contribution in [0, 0.1) is 5.92 Å². The van der Waals surface area contributed by atoms with Gasteiger partial charge in [-0.1, -0.05) is 38.1 Å². The van der Waals surface area contributed by atoms with E-state index in [1.807, 2.05) is 45.0 Å². The SMILES string of the molecule is CSCC[C@H](NC(=O)CNC(=O)[C@@H](NC(=O)[C@H](CCCCN)NC(=O)[C@@H]1CCCN1C(=O)[C@H](CC(C)C)NS(=O)(=O)c1cccc2c(N(C)C)cccc12)[C@@H](C)O)C(=O)N[C@@H](CCCN=C(N)N)C(=O)N[C@@H](CCCN=C(N)N)C(N)=O. The van der Waals surface area contributed by atoms with Crippen LogP contribution in [0.5, 0.6) is 0 Å². The number of nitrogens with one attached hydrogen (secondary N) is 7. The number of carbonyl (C=O) groups is 8. The normalized spacial score (nSPS) is 15.8. The van der Waals surface area contributed by atoms with E-state index >= 15 is 0 Å². The Morgan fingerprint density at radius 1 is 0.720 bits per heavy atom. The lowest BCUT2D eigenvalue weighted by molar-refractivity contribution is -0.141. The van der Waals surface area contributed by atoms with Gasteiger partial charge >= 0.3 is 0 Å². The van der Waals surface area contributed by atoms with Gasteiger partial charge in [-0.15, -0.1) is 0 Å². The molecule has 30 heteroatoms. The summed E-state index contributed by atoms with van der Waals surface area (Å²) in [7, 11) is -0.617. The lowest BCUT2D eigenvalue weighted by Crippen LogP contribution is -2.60. The highest BCUT2D eigenvalue weighted by Gasteiger charge is 2.41. The molecule has 3 rings (SSSR count). The Bertz CT molecular complexity index is 2670. The maximum Gasteiger partial charge on any atom is 0.245 e. The molecule has 0 spiro atoms. The first-order valence-electron chi connectivity index (χ1n) is 27.3. The van der Waals surface area contributed by atoms with Crippen LogP contribution in [0.15, 0.2) is 51.3 Å². The molecule has 8 atom stereocenters. The van der Waals surface area contributed by atoms with Crippen molar-refractivity contribution in [1.29, 1.82) is 0 Å². The number of fused-ring (bicyclic) bond motifs is 1. The highest BCUT2D eigenvalue weighted by molar-refractivity contribution is 7.98. The third kappa shape index (κ3) is 22.4. The van der Waals surface area contributed by atoms with E-state index in [0.717, 1.165) is 5.69 Å². The molecule has 1 heterocycles. The quantitative estimate of drug-likeness (QED) is 0.0183. The van der Waals surface area contributed by atoms with E-state index in [2.05, 4.69) is 46.6 Å². The van der Waals surface area contributed by atoms with Crippen molar-refractivity contribution in [3.8, 4) is 0 Å². The second-order valence-corrected chi connectivity index (χ2v) is 23.3. The average molecular weight is 1190 g/mol. The molecule has 1 aliphatic heterocycles. The summed E-state index contributed by atoms with van der Waals surface area (Å²) in [6.45, 7) is 4.79. The number of carbonyl (C=O) groups excluding carboxylic acids is 8. The van der Waals surface area contributed by atoms with Gasteiger partial charge in [0.05, 0.1) is 17.5 Å². The fourth-order valence-corrected chi connectivity index (χ4v) is 11.0. The van der Waals surface area contributed by atoms with E-state index in [9.17, 15) is 51.9 Å². The van der Waals surface area contributed by atoms with Crippen molar-refractivity contribution < 1.29 is 51.9 Å². The van der Waals surface area contributed by atoms with Gasteiger partial charge in [-0.2, -0.15) is 16.5 Å². The molecule has 28 nitrogen and oxygen atoms in total. The molecule has 20 N–H and O–H groups in total. The Balaban J connectivity index is 1.76. The van der Waals surface area contributed by atoms with Crippen LogP contribution in [0.25, 0.3) is 10.8 Å². The van der Waals surface area contributed by atoms with Crippen LogP contribution >= 0.6 is 11.8 Å². The van der Waals surface area contributed by atoms with Crippen LogP contribution in [-0.2, 0) is 48.4 Å². The number of anilines is 1. The summed E-state index contributed by atoms with van der Waals surface area (Å²) in [6, 6.07) is 1.25. The number of aliphatic imine (C=N–C) groups is 2. The van der Waals surface area contributed by atoms with E-state index in [0.29, 0.717) is 35.8 Å². The first kappa shape index (κ1) is 69.2. The van der Waals surface area contributed by atoms with E-state index < -0.39 is 112 Å². The van der Waals surface area contributed by atoms with E-state index in [1.54, 1.807) is 24.5 Å². The van der Waals surface area contributed by atoms with Crippen LogP contribution in [0.3, 0.4) is 0 Å². The maximum atomic E-state index is 14.5. The predicted molar refractivity (Wildman–Crippen MR) is 316 cm³/mol. The zero-order valence-corrected chi connectivity index (χ0v) is 49.4. The molecule has 0 unspecified atom stereocenters. The fourth-order valence-electron chi connectivity index (χ4n) is 9.14. The van der Waals surface area contributed by atoms with Gasteiger partial charge in [-0.05, 0) is 114 Å². The Labute approximate surface area is 484 Å². The van der Waals surface area contributed by atoms with Gasteiger partial charge in [0, 0.05) is 50.2 Å². The molecule has 82 heavy (non-hydrogen) atoms. The van der Waals surface area contributed by atoms with Crippen LogP contribution in [0.1, 0.15) is 91.4 Å². The highest BCUT2D eigenvalue weighted by atomic mass is 32.2. The third-order valence-electron chi connectivity index (χ3n) is 13.3. The van der Waals surface area contributed by atoms with Crippen molar-refractivity contribution in [2.75, 3.05) is 63.7 Å². The van der Waals surface area contributed by atoms with Crippen molar-refractivity contribution in [1.82, 2.24) is 41.5 Å². The minimum Gasteiger partial charge on any atom is -0.391 e. The van der Waals surface area contributed by atoms with Gasteiger partial charge in [-0.25, -0.2) is 8.42 Å². The van der Waals surface area contributed by atoms with Crippen LogP contribution in [0.4, 0.5) is 5.69 Å². The molecule has 8 amide bonds. The van der Waals surface area contributed by atoms with Gasteiger partial charge in [0.1, 0.15) is 42.3 Å². The van der Waals surface area contributed by atoms with E-state index in [4.69, 9.17) is 34.4 Å². The number of sulfonamides is 1. The van der Waals surface area contributed by atoms with Crippen LogP contribution in [-0.4, -0.2) is 185 Å². The fraction of sp³-hybridized carbons (Fsp3) is 0.615. The minimum atomic E-state index is -4.31. The summed E-state index contributed by atoms with van der Waals surface area (Å²) in [5.74, 6) is -6.57.